The van der Waals surface area contributed by atoms with Crippen LogP contribution in [0.15, 0.2) is 18.2 Å². The maximum absolute atomic E-state index is 10.5. The molecule has 0 N–H and O–H groups in total. The Balaban J connectivity index is 3.29. The SMILES string of the molecule is O=[N+]([O-])c1ccc(O[SH](=O)=O)c([N+](=O)[O-])c1. The predicted molar refractivity (Wildman–Crippen MR) is 50.7 cm³/mol. The van der Waals surface area contributed by atoms with Crippen molar-refractivity contribution in [1.29, 1.82) is 0 Å². The van der Waals surface area contributed by atoms with Gasteiger partial charge in [0.1, 0.15) is 0 Å². The van der Waals surface area contributed by atoms with Crippen LogP contribution in [-0.4, -0.2) is 18.3 Å². The van der Waals surface area contributed by atoms with E-state index in [9.17, 15) is 28.6 Å². The Morgan fingerprint density at radius 3 is 2.19 bits per heavy atom. The minimum absolute atomic E-state index is 0.528. The molecule has 0 heterocycles. The van der Waals surface area contributed by atoms with Crippen LogP contribution >= 0.6 is 0 Å². The van der Waals surface area contributed by atoms with Gasteiger partial charge < -0.3 is 4.18 Å². The van der Waals surface area contributed by atoms with Crippen molar-refractivity contribution in [3.05, 3.63) is 38.4 Å². The van der Waals surface area contributed by atoms with E-state index >= 15 is 0 Å². The van der Waals surface area contributed by atoms with Crippen molar-refractivity contribution < 1.29 is 22.4 Å². The third-order valence-corrected chi connectivity index (χ3v) is 1.87. The molecule has 0 fully saturated rings. The maximum Gasteiger partial charge on any atom is 0.319 e. The molecule has 16 heavy (non-hydrogen) atoms. The highest BCUT2D eigenvalue weighted by molar-refractivity contribution is 7.67. The summed E-state index contributed by atoms with van der Waals surface area (Å²) in [5, 5.41) is 20.8. The number of non-ortho nitro benzene ring substituents is 1. The second-order valence-electron chi connectivity index (χ2n) is 2.48. The van der Waals surface area contributed by atoms with Gasteiger partial charge in [0, 0.05) is 6.07 Å². The van der Waals surface area contributed by atoms with Crippen LogP contribution in [0, 0.1) is 20.2 Å². The normalized spacial score (nSPS) is 10.1. The second-order valence-corrected chi connectivity index (χ2v) is 3.11. The van der Waals surface area contributed by atoms with Gasteiger partial charge in [0.2, 0.25) is 5.75 Å². The third-order valence-electron chi connectivity index (χ3n) is 1.52. The van der Waals surface area contributed by atoms with Crippen LogP contribution < -0.4 is 4.18 Å². The molecule has 0 aliphatic rings. The molecule has 0 spiro atoms. The number of nitro benzene ring substituents is 2. The quantitative estimate of drug-likeness (QED) is 0.463. The van der Waals surface area contributed by atoms with Crippen LogP contribution in [0.5, 0.6) is 5.75 Å². The summed E-state index contributed by atoms with van der Waals surface area (Å²) in [4.78, 5) is 19.0. The van der Waals surface area contributed by atoms with Crippen LogP contribution in [0.4, 0.5) is 11.4 Å². The van der Waals surface area contributed by atoms with Crippen LogP contribution in [-0.2, 0) is 11.0 Å². The summed E-state index contributed by atoms with van der Waals surface area (Å²) in [6.07, 6.45) is 0. The average Bonchev–Trinajstić information content (AvgIpc) is 2.16. The number of benzene rings is 1. The fourth-order valence-corrected chi connectivity index (χ4v) is 1.23. The molecule has 0 aliphatic carbocycles. The predicted octanol–water partition coefficient (Wildman–Crippen LogP) is 0.408. The molecule has 0 unspecified atom stereocenters. The number of thiol groups is 1. The fourth-order valence-electron chi connectivity index (χ4n) is 0.920. The van der Waals surface area contributed by atoms with E-state index in [0.29, 0.717) is 6.07 Å². The lowest BCUT2D eigenvalue weighted by atomic mass is 10.2. The highest BCUT2D eigenvalue weighted by Crippen LogP contribution is 2.30. The first kappa shape index (κ1) is 11.8. The lowest BCUT2D eigenvalue weighted by Gasteiger charge is -1.99. The summed E-state index contributed by atoms with van der Waals surface area (Å²) in [6, 6.07) is 2.37. The molecular formula is C6H4N2O7S. The Bertz CT molecular complexity index is 516. The Labute approximate surface area is 89.7 Å². The minimum atomic E-state index is -3.32. The molecule has 1 rings (SSSR count). The van der Waals surface area contributed by atoms with E-state index in [2.05, 4.69) is 4.18 Å². The zero-order chi connectivity index (χ0) is 12.3. The van der Waals surface area contributed by atoms with Crippen molar-refractivity contribution in [3.63, 3.8) is 0 Å². The molecule has 0 radical (unpaired) electrons. The van der Waals surface area contributed by atoms with E-state index < -0.39 is 38.0 Å². The molecule has 1 aromatic rings. The van der Waals surface area contributed by atoms with Crippen molar-refractivity contribution in [1.82, 2.24) is 0 Å². The Hall–Kier alpha value is -2.23. The van der Waals surface area contributed by atoms with Crippen molar-refractivity contribution in [2.24, 2.45) is 0 Å². The first-order valence-corrected chi connectivity index (χ1v) is 4.76. The zero-order valence-electron chi connectivity index (χ0n) is 7.43. The largest absolute Gasteiger partial charge is 0.377 e. The van der Waals surface area contributed by atoms with Gasteiger partial charge in [-0.15, -0.1) is 0 Å². The standard InChI is InChI=1S/C6H4N2O7S/c9-7(10)4-1-2-6(15-16(13)14)5(3-4)8(11)12/h1-3,16H. The molecule has 86 valence electrons. The van der Waals surface area contributed by atoms with Crippen LogP contribution in [0.1, 0.15) is 0 Å². The third kappa shape index (κ3) is 2.63. The molecule has 0 aliphatic heterocycles. The summed E-state index contributed by atoms with van der Waals surface area (Å²) in [5.74, 6) is -0.563. The molecule has 0 bridgehead atoms. The monoisotopic (exact) mass is 248 g/mol. The van der Waals surface area contributed by atoms with Gasteiger partial charge in [0.25, 0.3) is 16.7 Å². The molecule has 1 aromatic carbocycles. The van der Waals surface area contributed by atoms with Gasteiger partial charge in [0.15, 0.2) is 0 Å². The molecule has 10 heteroatoms. The molecule has 0 atom stereocenters. The summed E-state index contributed by atoms with van der Waals surface area (Å²) in [5.41, 5.74) is -1.31. The van der Waals surface area contributed by atoms with Crippen LogP contribution in [0.2, 0.25) is 0 Å². The zero-order valence-corrected chi connectivity index (χ0v) is 8.33. The lowest BCUT2D eigenvalue weighted by Crippen LogP contribution is -1.98. The van der Waals surface area contributed by atoms with Crippen molar-refractivity contribution in [2.45, 2.75) is 0 Å². The Morgan fingerprint density at radius 1 is 1.12 bits per heavy atom. The molecule has 0 amide bonds. The first-order valence-electron chi connectivity index (χ1n) is 3.67. The second kappa shape index (κ2) is 4.53. The summed E-state index contributed by atoms with van der Waals surface area (Å²) in [6.45, 7) is 0. The summed E-state index contributed by atoms with van der Waals surface area (Å²) < 4.78 is 24.6. The number of hydrogen-bond acceptors (Lipinski definition) is 7. The van der Waals surface area contributed by atoms with Gasteiger partial charge in [0.05, 0.1) is 15.9 Å². The van der Waals surface area contributed by atoms with Gasteiger partial charge >= 0.3 is 5.69 Å². The van der Waals surface area contributed by atoms with E-state index in [1.165, 1.54) is 0 Å². The van der Waals surface area contributed by atoms with Crippen molar-refractivity contribution in [2.75, 3.05) is 0 Å². The first-order chi connectivity index (χ1) is 7.41. The number of nitro groups is 2. The topological polar surface area (TPSA) is 130 Å². The van der Waals surface area contributed by atoms with E-state index in [-0.39, 0.29) is 0 Å². The van der Waals surface area contributed by atoms with Crippen molar-refractivity contribution in [3.8, 4) is 5.75 Å². The molecule has 9 nitrogen and oxygen atoms in total. The van der Waals surface area contributed by atoms with E-state index in [1.807, 2.05) is 0 Å². The summed E-state index contributed by atoms with van der Waals surface area (Å²) >= 11 is 0. The number of hydrogen-bond donors (Lipinski definition) is 1. The molecule has 0 saturated carbocycles. The Morgan fingerprint density at radius 2 is 1.75 bits per heavy atom. The average molecular weight is 248 g/mol. The minimum Gasteiger partial charge on any atom is -0.377 e. The van der Waals surface area contributed by atoms with E-state index in [0.717, 1.165) is 12.1 Å². The van der Waals surface area contributed by atoms with Crippen LogP contribution in [0.3, 0.4) is 0 Å². The molecule has 0 aromatic heterocycles. The molecular weight excluding hydrogens is 244 g/mol. The number of nitrogens with zero attached hydrogens (tertiary/aromatic N) is 2. The summed E-state index contributed by atoms with van der Waals surface area (Å²) in [7, 11) is -3.32. The fraction of sp³-hybridized carbons (Fsp3) is 0. The van der Waals surface area contributed by atoms with Gasteiger partial charge in [-0.05, 0) is 6.07 Å². The number of rotatable bonds is 4. The van der Waals surface area contributed by atoms with E-state index in [4.69, 9.17) is 0 Å². The lowest BCUT2D eigenvalue weighted by molar-refractivity contribution is -0.394. The smallest absolute Gasteiger partial charge is 0.319 e. The Kier molecular flexibility index (Phi) is 3.35. The van der Waals surface area contributed by atoms with E-state index in [1.54, 1.807) is 0 Å². The highest BCUT2D eigenvalue weighted by Gasteiger charge is 2.21. The molecule has 0 saturated heterocycles. The highest BCUT2D eigenvalue weighted by atomic mass is 32.2. The maximum atomic E-state index is 10.5. The van der Waals surface area contributed by atoms with Gasteiger partial charge in [-0.1, -0.05) is 0 Å². The van der Waals surface area contributed by atoms with Crippen molar-refractivity contribution >= 4 is 22.4 Å². The van der Waals surface area contributed by atoms with Gasteiger partial charge in [-0.25, -0.2) is 0 Å². The van der Waals surface area contributed by atoms with Gasteiger partial charge in [-0.2, -0.15) is 8.42 Å². The van der Waals surface area contributed by atoms with Crippen LogP contribution in [0.25, 0.3) is 0 Å². The van der Waals surface area contributed by atoms with Gasteiger partial charge in [-0.3, -0.25) is 20.2 Å².